The second kappa shape index (κ2) is 34.9. The fraction of sp³-hybridized carbons (Fsp3) is 0.790. The van der Waals surface area contributed by atoms with Crippen molar-refractivity contribution in [3.8, 4) is 0 Å². The monoisotopic (exact) mass is 1200 g/mol. The summed E-state index contributed by atoms with van der Waals surface area (Å²) < 4.78 is 0. The van der Waals surface area contributed by atoms with Crippen molar-refractivity contribution in [2.24, 2.45) is 41.4 Å². The molecule has 1 saturated heterocycles. The van der Waals surface area contributed by atoms with Gasteiger partial charge in [0.05, 0.1) is 12.6 Å². The van der Waals surface area contributed by atoms with Crippen molar-refractivity contribution in [3.63, 3.8) is 0 Å². The van der Waals surface area contributed by atoms with Crippen LogP contribution in [0.3, 0.4) is 0 Å². The summed E-state index contributed by atoms with van der Waals surface area (Å²) in [6.45, 7) is 29.3. The normalized spacial score (nSPS) is 26.9. The molecule has 23 nitrogen and oxygen atoms in total. The number of rotatable bonds is 15. The van der Waals surface area contributed by atoms with Crippen LogP contribution in [0.1, 0.15) is 156 Å². The van der Waals surface area contributed by atoms with E-state index in [1.165, 1.54) is 87.7 Å². The van der Waals surface area contributed by atoms with E-state index >= 15 is 9.59 Å². The van der Waals surface area contributed by atoms with Gasteiger partial charge in [0, 0.05) is 49.3 Å². The Bertz CT molecular complexity index is 2330. The number of allylic oxidation sites excluding steroid dienone is 2. The fourth-order valence-electron chi connectivity index (χ4n) is 10.7. The van der Waals surface area contributed by atoms with Crippen LogP contribution in [0, 0.1) is 41.4 Å². The molecule has 1 rings (SSSR count). The number of amides is 11. The molecule has 1 aliphatic rings. The van der Waals surface area contributed by atoms with E-state index in [9.17, 15) is 48.3 Å². The number of carbonyl (C=O) groups excluding carboxylic acids is 11. The molecule has 0 aromatic rings. The van der Waals surface area contributed by atoms with Gasteiger partial charge < -0.3 is 60.7 Å². The largest absolute Gasteiger partial charge is 0.390 e. The molecular formula is C62H111N11O12. The Labute approximate surface area is 508 Å². The van der Waals surface area contributed by atoms with E-state index in [1.807, 2.05) is 61.5 Å². The maximum Gasteiger partial charge on any atom is 0.246 e. The number of aliphatic hydroxyl groups excluding tert-OH is 1. The molecule has 486 valence electrons. The van der Waals surface area contributed by atoms with Crippen molar-refractivity contribution < 1.29 is 57.8 Å². The average molecular weight is 1200 g/mol. The van der Waals surface area contributed by atoms with Crippen LogP contribution in [0.15, 0.2) is 12.2 Å². The molecule has 0 aliphatic carbocycles. The van der Waals surface area contributed by atoms with E-state index in [0.29, 0.717) is 6.42 Å². The minimum Gasteiger partial charge on any atom is -0.390 e. The molecule has 0 saturated carbocycles. The SMILES string of the molecule is C/C=C/C[C@@H](C)[C@@H](O)C1C(=O)NC(CC)C(=O)N(C)CC(=O)N(C)C(CC(C)C)C(=O)NC(C(C)C)C(=O)N(C)C(CC(C)C)C(=O)NC(C)C(=O)N[C@H](C)C(=O)N(C)C(CC(C)C)C(=O)N(C)C(CC(C)C)C(=O)N(C)C(C(C)C)C(=O)N1C. The summed E-state index contributed by atoms with van der Waals surface area (Å²) in [6.07, 6.45) is 3.04. The van der Waals surface area contributed by atoms with Crippen LogP contribution < -0.4 is 21.3 Å². The molecule has 11 amide bonds. The zero-order valence-electron chi connectivity index (χ0n) is 56.1. The van der Waals surface area contributed by atoms with Gasteiger partial charge in [-0.3, -0.25) is 52.7 Å². The Balaban J connectivity index is 4.32. The highest BCUT2D eigenvalue weighted by Gasteiger charge is 2.45. The van der Waals surface area contributed by atoms with Gasteiger partial charge >= 0.3 is 0 Å². The zero-order valence-corrected chi connectivity index (χ0v) is 56.1. The number of carbonyl (C=O) groups is 11. The summed E-state index contributed by atoms with van der Waals surface area (Å²) in [4.78, 5) is 169. The molecule has 1 aliphatic heterocycles. The number of hydrogen-bond donors (Lipinski definition) is 5. The number of nitrogens with one attached hydrogen (secondary N) is 4. The average Bonchev–Trinajstić information content (AvgIpc) is 3.62. The Kier molecular flexibility index (Phi) is 31.5. The van der Waals surface area contributed by atoms with E-state index in [1.54, 1.807) is 54.5 Å². The van der Waals surface area contributed by atoms with Gasteiger partial charge in [0.1, 0.15) is 60.4 Å². The zero-order chi connectivity index (χ0) is 66.0. The van der Waals surface area contributed by atoms with E-state index in [4.69, 9.17) is 0 Å². The quantitative estimate of drug-likeness (QED) is 0.148. The summed E-state index contributed by atoms with van der Waals surface area (Å²) >= 11 is 0. The number of hydrogen-bond acceptors (Lipinski definition) is 12. The Morgan fingerprint density at radius 3 is 1.32 bits per heavy atom. The first-order valence-electron chi connectivity index (χ1n) is 30.6. The Hall–Kier alpha value is -6.13. The molecule has 1 heterocycles. The molecule has 1 fully saturated rings. The van der Waals surface area contributed by atoms with Gasteiger partial charge in [-0.2, -0.15) is 0 Å². The van der Waals surface area contributed by atoms with Gasteiger partial charge in [-0.25, -0.2) is 0 Å². The number of nitrogens with zero attached hydrogens (tertiary/aromatic N) is 7. The third-order valence-electron chi connectivity index (χ3n) is 16.1. The van der Waals surface area contributed by atoms with Crippen LogP contribution in [-0.2, 0) is 52.7 Å². The minimum absolute atomic E-state index is 0.0229. The molecule has 0 aromatic carbocycles. The van der Waals surface area contributed by atoms with Crippen molar-refractivity contribution >= 4 is 65.0 Å². The molecule has 12 atom stereocenters. The van der Waals surface area contributed by atoms with Crippen LogP contribution in [0.2, 0.25) is 0 Å². The van der Waals surface area contributed by atoms with Crippen LogP contribution in [0.4, 0.5) is 0 Å². The Morgan fingerprint density at radius 1 is 0.459 bits per heavy atom. The fourth-order valence-corrected chi connectivity index (χ4v) is 10.7. The van der Waals surface area contributed by atoms with Gasteiger partial charge in [0.15, 0.2) is 0 Å². The highest BCUT2D eigenvalue weighted by atomic mass is 16.3. The van der Waals surface area contributed by atoms with E-state index in [2.05, 4.69) is 21.3 Å². The van der Waals surface area contributed by atoms with Gasteiger partial charge in [0.2, 0.25) is 65.0 Å². The minimum atomic E-state index is -1.61. The molecule has 85 heavy (non-hydrogen) atoms. The summed E-state index contributed by atoms with van der Waals surface area (Å²) in [5, 5.41) is 23.1. The second-order valence-electron chi connectivity index (χ2n) is 26.1. The maximum absolute atomic E-state index is 15.1. The smallest absolute Gasteiger partial charge is 0.246 e. The predicted octanol–water partition coefficient (Wildman–Crippen LogP) is 3.27. The van der Waals surface area contributed by atoms with Crippen molar-refractivity contribution in [3.05, 3.63) is 12.2 Å². The van der Waals surface area contributed by atoms with Gasteiger partial charge in [-0.1, -0.05) is 109 Å². The van der Waals surface area contributed by atoms with Crippen LogP contribution in [0.5, 0.6) is 0 Å². The molecule has 0 spiro atoms. The number of likely N-dealkylation sites (N-methyl/N-ethyl adjacent to an activating group) is 7. The summed E-state index contributed by atoms with van der Waals surface area (Å²) in [5.74, 6) is -9.71. The summed E-state index contributed by atoms with van der Waals surface area (Å²) in [6, 6.07) is -12.3. The molecule has 23 heteroatoms. The Morgan fingerprint density at radius 2 is 0.871 bits per heavy atom. The van der Waals surface area contributed by atoms with Crippen molar-refractivity contribution in [1.82, 2.24) is 55.6 Å². The first-order valence-corrected chi connectivity index (χ1v) is 30.6. The molecule has 9 unspecified atom stereocenters. The topological polar surface area (TPSA) is 279 Å². The van der Waals surface area contributed by atoms with E-state index < -0.39 is 156 Å². The molecule has 0 bridgehead atoms. The van der Waals surface area contributed by atoms with Crippen LogP contribution in [-0.4, -0.2) is 227 Å². The van der Waals surface area contributed by atoms with Crippen molar-refractivity contribution in [1.29, 1.82) is 0 Å². The first-order chi connectivity index (χ1) is 39.2. The lowest BCUT2D eigenvalue weighted by molar-refractivity contribution is -0.157. The highest BCUT2D eigenvalue weighted by Crippen LogP contribution is 2.26. The third kappa shape index (κ3) is 21.7. The van der Waals surface area contributed by atoms with Gasteiger partial charge in [-0.15, -0.1) is 0 Å². The van der Waals surface area contributed by atoms with E-state index in [-0.39, 0.29) is 55.8 Å². The lowest BCUT2D eigenvalue weighted by Gasteiger charge is -2.41. The van der Waals surface area contributed by atoms with E-state index in [0.717, 1.165) is 9.80 Å². The lowest BCUT2D eigenvalue weighted by atomic mass is 9.91. The molecule has 0 aromatic heterocycles. The first kappa shape index (κ1) is 76.9. The van der Waals surface area contributed by atoms with Crippen LogP contribution >= 0.6 is 0 Å². The summed E-state index contributed by atoms with van der Waals surface area (Å²) in [5.41, 5.74) is 0. The standard InChI is InChI=1S/C62H111N11O12/c1-25-27-28-40(15)52(75)51-56(79)65-43(26-2)58(81)67(18)33-48(74)68(19)44(29-34(3)4)55(78)66-49(38(11)12)61(84)69(20)45(30-35(5)6)54(77)63-41(16)53(76)64-42(17)57(80)70(21)46(31-36(7)8)59(82)71(22)47(32-37(9)10)60(83)72(23)50(39(13)14)62(85)73(51)24/h25,27,34-47,49-52,75H,26,28-33H2,1-24H3,(H,63,77)(H,64,76)(H,65,79)(H,66,78)/b27-25+/t40-,41?,42-,43?,44?,45?,46?,47?,49?,50?,51?,52-/m1/s1. The highest BCUT2D eigenvalue weighted by molar-refractivity contribution is 5.99. The number of aliphatic hydroxyl groups is 1. The van der Waals surface area contributed by atoms with Gasteiger partial charge in [-0.05, 0) is 101 Å². The second-order valence-corrected chi connectivity index (χ2v) is 26.1. The lowest BCUT2D eigenvalue weighted by Crippen LogP contribution is -2.63. The molecule has 0 radical (unpaired) electrons. The summed E-state index contributed by atoms with van der Waals surface area (Å²) in [7, 11) is 9.92. The maximum atomic E-state index is 15.1. The van der Waals surface area contributed by atoms with Crippen molar-refractivity contribution in [2.45, 2.75) is 223 Å². The third-order valence-corrected chi connectivity index (χ3v) is 16.1. The molecular weight excluding hydrogens is 1090 g/mol. The van der Waals surface area contributed by atoms with Crippen molar-refractivity contribution in [2.75, 3.05) is 55.9 Å². The van der Waals surface area contributed by atoms with Crippen LogP contribution in [0.25, 0.3) is 0 Å². The predicted molar refractivity (Wildman–Crippen MR) is 328 cm³/mol. The molecule has 5 N–H and O–H groups in total. The van der Waals surface area contributed by atoms with Gasteiger partial charge in [0.25, 0.3) is 0 Å².